The summed E-state index contributed by atoms with van der Waals surface area (Å²) in [5.74, 6) is -0.324. The fourth-order valence-corrected chi connectivity index (χ4v) is 2.41. The van der Waals surface area contributed by atoms with Gasteiger partial charge in [-0.15, -0.1) is 10.2 Å². The van der Waals surface area contributed by atoms with Gasteiger partial charge in [0.05, 0.1) is 33.1 Å². The molecule has 0 heterocycles. The number of amides is 1. The van der Waals surface area contributed by atoms with E-state index in [1.165, 1.54) is 31.2 Å². The monoisotopic (exact) mass is 406 g/mol. The van der Waals surface area contributed by atoms with Gasteiger partial charge in [0.1, 0.15) is 11.4 Å². The Hall–Kier alpha value is -3.24. The zero-order valence-electron chi connectivity index (χ0n) is 15.1. The first-order valence-electron chi connectivity index (χ1n) is 8.16. The molecule has 0 saturated heterocycles. The Bertz CT molecular complexity index is 932. The van der Waals surface area contributed by atoms with Crippen LogP contribution in [0.5, 0.6) is 0 Å². The molecule has 0 aliphatic heterocycles. The Balaban J connectivity index is 2.37. The quantitative estimate of drug-likeness (QED) is 0.235. The minimum atomic E-state index is -0.593. The van der Waals surface area contributed by atoms with Crippen LogP contribution in [-0.4, -0.2) is 28.6 Å². The van der Waals surface area contributed by atoms with Crippen molar-refractivity contribution in [3.05, 3.63) is 45.5 Å². The van der Waals surface area contributed by atoms with Gasteiger partial charge in [-0.25, -0.2) is 0 Å². The van der Waals surface area contributed by atoms with Crippen LogP contribution in [0, 0.1) is 10.1 Å². The van der Waals surface area contributed by atoms with Crippen LogP contribution < -0.4 is 16.4 Å². The Morgan fingerprint density at radius 3 is 2.54 bits per heavy atom. The number of halogens is 1. The number of azo groups is 1. The van der Waals surface area contributed by atoms with Gasteiger partial charge in [0.25, 0.3) is 5.69 Å². The normalized spacial score (nSPS) is 12.0. The molecule has 0 aromatic heterocycles. The van der Waals surface area contributed by atoms with Crippen LogP contribution >= 0.6 is 11.6 Å². The molecule has 0 aliphatic rings. The summed E-state index contributed by atoms with van der Waals surface area (Å²) in [6, 6.07) is 6.87. The van der Waals surface area contributed by atoms with E-state index in [2.05, 4.69) is 20.9 Å². The molecular weight excluding hydrogens is 388 g/mol. The highest BCUT2D eigenvalue weighted by Crippen LogP contribution is 2.36. The van der Waals surface area contributed by atoms with Gasteiger partial charge >= 0.3 is 0 Å². The molecule has 2 aromatic carbocycles. The minimum Gasteiger partial charge on any atom is -0.397 e. The number of carbonyl (C=O) groups excluding carboxylic acids is 1. The average molecular weight is 407 g/mol. The van der Waals surface area contributed by atoms with E-state index in [1.807, 2.05) is 0 Å². The summed E-state index contributed by atoms with van der Waals surface area (Å²) in [5, 5.41) is 34.1. The second kappa shape index (κ2) is 9.11. The van der Waals surface area contributed by atoms with Gasteiger partial charge in [-0.2, -0.15) is 0 Å². The SMILES string of the molecule is CC(=O)Nc1cc(NCC(C)O)c(Cl)cc1N=Nc1ccc([N+](=O)[O-])cc1N. The van der Waals surface area contributed by atoms with Gasteiger partial charge < -0.3 is 21.5 Å². The molecule has 28 heavy (non-hydrogen) atoms. The highest BCUT2D eigenvalue weighted by Gasteiger charge is 2.12. The van der Waals surface area contributed by atoms with Crippen LogP contribution in [0.4, 0.5) is 34.1 Å². The molecule has 0 spiro atoms. The second-order valence-corrected chi connectivity index (χ2v) is 6.37. The molecule has 0 fully saturated rings. The maximum Gasteiger partial charge on any atom is 0.271 e. The number of anilines is 3. The molecular formula is C17H19ClN6O4. The van der Waals surface area contributed by atoms with E-state index in [4.69, 9.17) is 17.3 Å². The first kappa shape index (κ1) is 21.1. The fourth-order valence-electron chi connectivity index (χ4n) is 2.18. The maximum atomic E-state index is 11.5. The molecule has 0 bridgehead atoms. The van der Waals surface area contributed by atoms with Gasteiger partial charge in [-0.3, -0.25) is 14.9 Å². The lowest BCUT2D eigenvalue weighted by molar-refractivity contribution is -0.384. The minimum absolute atomic E-state index is 0.0837. The van der Waals surface area contributed by atoms with Crippen molar-refractivity contribution in [2.45, 2.75) is 20.0 Å². The van der Waals surface area contributed by atoms with Crippen molar-refractivity contribution in [2.24, 2.45) is 10.2 Å². The number of carbonyl (C=O) groups is 1. The molecule has 2 aromatic rings. The Morgan fingerprint density at radius 1 is 1.29 bits per heavy atom. The van der Waals surface area contributed by atoms with Crippen molar-refractivity contribution in [2.75, 3.05) is 22.9 Å². The number of nitrogens with one attached hydrogen (secondary N) is 2. The van der Waals surface area contributed by atoms with Crippen LogP contribution in [0.3, 0.4) is 0 Å². The number of aliphatic hydroxyl groups excluding tert-OH is 1. The molecule has 0 radical (unpaired) electrons. The van der Waals surface area contributed by atoms with Gasteiger partial charge in [0, 0.05) is 25.6 Å². The third kappa shape index (κ3) is 5.63. The number of rotatable bonds is 7. The van der Waals surface area contributed by atoms with Crippen LogP contribution in [0.25, 0.3) is 0 Å². The van der Waals surface area contributed by atoms with Gasteiger partial charge in [-0.05, 0) is 25.1 Å². The lowest BCUT2D eigenvalue weighted by atomic mass is 10.2. The standard InChI is InChI=1S/C17H19ClN6O4/c1-9(25)8-20-15-7-16(21-10(2)26)17(6-12(15)18)23-22-14-4-3-11(24(27)28)5-13(14)19/h3-7,9,20,25H,8,19H2,1-2H3,(H,21,26). The third-order valence-electron chi connectivity index (χ3n) is 3.47. The number of hydrogen-bond acceptors (Lipinski definition) is 8. The summed E-state index contributed by atoms with van der Waals surface area (Å²) in [7, 11) is 0. The van der Waals surface area contributed by atoms with Crippen molar-refractivity contribution in [3.8, 4) is 0 Å². The van der Waals surface area contributed by atoms with Crippen molar-refractivity contribution in [3.63, 3.8) is 0 Å². The number of benzene rings is 2. The summed E-state index contributed by atoms with van der Waals surface area (Å²) in [6.45, 7) is 3.22. The first-order valence-corrected chi connectivity index (χ1v) is 8.54. The summed E-state index contributed by atoms with van der Waals surface area (Å²) >= 11 is 6.23. The lowest BCUT2D eigenvalue weighted by Gasteiger charge is -2.14. The van der Waals surface area contributed by atoms with Crippen LogP contribution in [0.2, 0.25) is 5.02 Å². The zero-order valence-corrected chi connectivity index (χ0v) is 15.9. The van der Waals surface area contributed by atoms with E-state index < -0.39 is 11.0 Å². The molecule has 11 heteroatoms. The van der Waals surface area contributed by atoms with Crippen molar-refractivity contribution in [1.82, 2.24) is 0 Å². The molecule has 1 atom stereocenters. The van der Waals surface area contributed by atoms with E-state index in [-0.39, 0.29) is 35.2 Å². The van der Waals surface area contributed by atoms with Crippen molar-refractivity contribution < 1.29 is 14.8 Å². The van der Waals surface area contributed by atoms with Crippen LogP contribution in [-0.2, 0) is 4.79 Å². The topological polar surface area (TPSA) is 155 Å². The van der Waals surface area contributed by atoms with Crippen LogP contribution in [0.15, 0.2) is 40.6 Å². The largest absolute Gasteiger partial charge is 0.397 e. The van der Waals surface area contributed by atoms with E-state index in [1.54, 1.807) is 13.0 Å². The molecule has 148 valence electrons. The number of nitrogens with two attached hydrogens (primary N) is 1. The summed E-state index contributed by atoms with van der Waals surface area (Å²) in [4.78, 5) is 21.7. The van der Waals surface area contributed by atoms with Crippen molar-refractivity contribution >= 4 is 51.6 Å². The second-order valence-electron chi connectivity index (χ2n) is 5.96. The lowest BCUT2D eigenvalue weighted by Crippen LogP contribution is -2.16. The number of aliphatic hydroxyl groups is 1. The van der Waals surface area contributed by atoms with Gasteiger partial charge in [0.2, 0.25) is 5.91 Å². The molecule has 10 nitrogen and oxygen atoms in total. The highest BCUT2D eigenvalue weighted by molar-refractivity contribution is 6.33. The molecule has 0 saturated carbocycles. The Labute approximate surface area is 165 Å². The summed E-state index contributed by atoms with van der Waals surface area (Å²) in [5.41, 5.74) is 7.03. The fraction of sp³-hybridized carbons (Fsp3) is 0.235. The van der Waals surface area contributed by atoms with Crippen molar-refractivity contribution in [1.29, 1.82) is 0 Å². The number of nitro groups is 1. The number of hydrogen-bond donors (Lipinski definition) is 4. The Kier molecular flexibility index (Phi) is 6.85. The Morgan fingerprint density at radius 2 is 1.96 bits per heavy atom. The number of nitrogen functional groups attached to an aromatic ring is 1. The smallest absolute Gasteiger partial charge is 0.271 e. The van der Waals surface area contributed by atoms with E-state index in [0.29, 0.717) is 16.4 Å². The summed E-state index contributed by atoms with van der Waals surface area (Å²) < 4.78 is 0. The molecule has 5 N–H and O–H groups in total. The number of nitrogens with zero attached hydrogens (tertiary/aromatic N) is 3. The number of nitro benzene ring substituents is 1. The molecule has 2 rings (SSSR count). The molecule has 1 amide bonds. The zero-order chi connectivity index (χ0) is 20.8. The summed E-state index contributed by atoms with van der Waals surface area (Å²) in [6.07, 6.45) is -0.593. The maximum absolute atomic E-state index is 11.5. The van der Waals surface area contributed by atoms with Gasteiger partial charge in [-0.1, -0.05) is 11.6 Å². The van der Waals surface area contributed by atoms with E-state index in [0.717, 1.165) is 0 Å². The molecule has 0 aliphatic carbocycles. The third-order valence-corrected chi connectivity index (χ3v) is 3.78. The predicted octanol–water partition coefficient (Wildman–Crippen LogP) is 4.00. The van der Waals surface area contributed by atoms with Gasteiger partial charge in [0.15, 0.2) is 0 Å². The first-order chi connectivity index (χ1) is 13.2. The van der Waals surface area contributed by atoms with E-state index in [9.17, 15) is 20.0 Å². The highest BCUT2D eigenvalue weighted by atomic mass is 35.5. The predicted molar refractivity (Wildman–Crippen MR) is 108 cm³/mol. The average Bonchev–Trinajstić information content (AvgIpc) is 2.60. The molecule has 1 unspecified atom stereocenters. The van der Waals surface area contributed by atoms with Crippen LogP contribution in [0.1, 0.15) is 13.8 Å². The number of non-ortho nitro benzene ring substituents is 1. The van der Waals surface area contributed by atoms with E-state index >= 15 is 0 Å².